The van der Waals surface area contributed by atoms with Gasteiger partial charge in [0.05, 0.1) is 5.75 Å². The highest BCUT2D eigenvalue weighted by atomic mass is 32.1. The van der Waals surface area contributed by atoms with Crippen LogP contribution in [0.15, 0.2) is 24.3 Å². The summed E-state index contributed by atoms with van der Waals surface area (Å²) in [4.78, 5) is 11.0. The van der Waals surface area contributed by atoms with Gasteiger partial charge in [0.15, 0.2) is 0 Å². The quantitative estimate of drug-likeness (QED) is 0.736. The Morgan fingerprint density at radius 1 is 1.36 bits per heavy atom. The summed E-state index contributed by atoms with van der Waals surface area (Å²) < 4.78 is 0. The van der Waals surface area contributed by atoms with Gasteiger partial charge in [-0.05, 0) is 23.6 Å². The van der Waals surface area contributed by atoms with Gasteiger partial charge in [0.2, 0.25) is 5.91 Å². The van der Waals surface area contributed by atoms with Gasteiger partial charge >= 0.3 is 0 Å². The molecule has 0 saturated carbocycles. The summed E-state index contributed by atoms with van der Waals surface area (Å²) in [6.45, 7) is 4.28. The molecule has 0 bridgehead atoms. The van der Waals surface area contributed by atoms with Gasteiger partial charge < -0.3 is 5.32 Å². The first-order valence-corrected chi connectivity index (χ1v) is 5.27. The summed E-state index contributed by atoms with van der Waals surface area (Å²) in [5.41, 5.74) is 2.10. The number of hydrogen-bond acceptors (Lipinski definition) is 2. The van der Waals surface area contributed by atoms with Crippen LogP contribution < -0.4 is 5.32 Å². The van der Waals surface area contributed by atoms with Crippen LogP contribution >= 0.6 is 12.6 Å². The van der Waals surface area contributed by atoms with Gasteiger partial charge in [-0.2, -0.15) is 12.6 Å². The Bertz CT molecular complexity index is 306. The molecule has 0 spiro atoms. The van der Waals surface area contributed by atoms with E-state index in [1.165, 1.54) is 5.56 Å². The van der Waals surface area contributed by atoms with Crippen molar-refractivity contribution in [3.05, 3.63) is 29.8 Å². The number of rotatable bonds is 3. The molecular formula is C11H15NOS. The van der Waals surface area contributed by atoms with Crippen molar-refractivity contribution in [2.24, 2.45) is 0 Å². The van der Waals surface area contributed by atoms with Crippen molar-refractivity contribution in [1.82, 2.24) is 0 Å². The average molecular weight is 209 g/mol. The number of anilines is 1. The SMILES string of the molecule is CC(C)c1ccc(NC(=O)CS)cc1. The standard InChI is InChI=1S/C11H15NOS/c1-8(2)9-3-5-10(6-4-9)12-11(13)7-14/h3-6,8,14H,7H2,1-2H3,(H,12,13). The second kappa shape index (κ2) is 5.05. The van der Waals surface area contributed by atoms with Crippen molar-refractivity contribution in [1.29, 1.82) is 0 Å². The minimum atomic E-state index is -0.0781. The fourth-order valence-corrected chi connectivity index (χ4v) is 1.23. The van der Waals surface area contributed by atoms with E-state index in [0.717, 1.165) is 5.69 Å². The van der Waals surface area contributed by atoms with Gasteiger partial charge in [-0.3, -0.25) is 4.79 Å². The minimum Gasteiger partial charge on any atom is -0.325 e. The van der Waals surface area contributed by atoms with Crippen LogP contribution in [0.2, 0.25) is 0 Å². The highest BCUT2D eigenvalue weighted by molar-refractivity contribution is 7.81. The summed E-state index contributed by atoms with van der Waals surface area (Å²) in [5, 5.41) is 2.74. The molecule has 2 nitrogen and oxygen atoms in total. The van der Waals surface area contributed by atoms with Crippen molar-refractivity contribution in [3.63, 3.8) is 0 Å². The van der Waals surface area contributed by atoms with Gasteiger partial charge in [-0.15, -0.1) is 0 Å². The third-order valence-corrected chi connectivity index (χ3v) is 2.29. The van der Waals surface area contributed by atoms with E-state index < -0.39 is 0 Å². The van der Waals surface area contributed by atoms with Crippen LogP contribution in [0.3, 0.4) is 0 Å². The number of carbonyl (C=O) groups is 1. The lowest BCUT2D eigenvalue weighted by Gasteiger charge is -2.07. The van der Waals surface area contributed by atoms with Crippen LogP contribution in [0.5, 0.6) is 0 Å². The fourth-order valence-electron chi connectivity index (χ4n) is 1.15. The van der Waals surface area contributed by atoms with E-state index in [1.807, 2.05) is 24.3 Å². The van der Waals surface area contributed by atoms with E-state index in [-0.39, 0.29) is 11.7 Å². The molecule has 1 aromatic rings. The van der Waals surface area contributed by atoms with Crippen LogP contribution in [0.1, 0.15) is 25.3 Å². The molecule has 0 aromatic heterocycles. The predicted octanol–water partition coefficient (Wildman–Crippen LogP) is 2.68. The molecule has 0 aliphatic carbocycles. The Labute approximate surface area is 90.1 Å². The highest BCUT2D eigenvalue weighted by Crippen LogP contribution is 2.16. The summed E-state index contributed by atoms with van der Waals surface area (Å²) in [5.74, 6) is 0.654. The van der Waals surface area contributed by atoms with Crippen molar-refractivity contribution >= 4 is 24.2 Å². The molecule has 3 heteroatoms. The van der Waals surface area contributed by atoms with Gasteiger partial charge in [0, 0.05) is 5.69 Å². The number of benzene rings is 1. The second-order valence-corrected chi connectivity index (χ2v) is 3.80. The number of thiol groups is 1. The van der Waals surface area contributed by atoms with Gasteiger partial charge in [0.25, 0.3) is 0 Å². The Morgan fingerprint density at radius 2 is 1.93 bits per heavy atom. The second-order valence-electron chi connectivity index (χ2n) is 3.48. The zero-order chi connectivity index (χ0) is 10.6. The van der Waals surface area contributed by atoms with Crippen molar-refractivity contribution < 1.29 is 4.79 Å². The van der Waals surface area contributed by atoms with Crippen molar-refractivity contribution in [2.75, 3.05) is 11.1 Å². The Morgan fingerprint density at radius 3 is 2.36 bits per heavy atom. The van der Waals surface area contributed by atoms with Gasteiger partial charge in [-0.25, -0.2) is 0 Å². The van der Waals surface area contributed by atoms with E-state index in [9.17, 15) is 4.79 Å². The first-order chi connectivity index (χ1) is 6.63. The van der Waals surface area contributed by atoms with E-state index in [4.69, 9.17) is 0 Å². The van der Waals surface area contributed by atoms with Crippen LogP contribution in [0.4, 0.5) is 5.69 Å². The normalized spacial score (nSPS) is 10.3. The van der Waals surface area contributed by atoms with Crippen molar-refractivity contribution in [2.45, 2.75) is 19.8 Å². The molecule has 1 N–H and O–H groups in total. The van der Waals surface area contributed by atoms with Crippen LogP contribution in [0, 0.1) is 0 Å². The molecule has 0 atom stereocenters. The largest absolute Gasteiger partial charge is 0.325 e. The van der Waals surface area contributed by atoms with Gasteiger partial charge in [0.1, 0.15) is 0 Å². The van der Waals surface area contributed by atoms with Crippen LogP contribution in [-0.4, -0.2) is 11.7 Å². The van der Waals surface area contributed by atoms with E-state index in [2.05, 4.69) is 31.8 Å². The van der Waals surface area contributed by atoms with E-state index in [1.54, 1.807) is 0 Å². The lowest BCUT2D eigenvalue weighted by molar-refractivity contribution is -0.113. The maximum atomic E-state index is 11.0. The molecule has 1 rings (SSSR count). The Hall–Kier alpha value is -0.960. The molecule has 0 aliphatic rings. The molecule has 0 saturated heterocycles. The van der Waals surface area contributed by atoms with Crippen LogP contribution in [0.25, 0.3) is 0 Å². The zero-order valence-corrected chi connectivity index (χ0v) is 9.34. The maximum absolute atomic E-state index is 11.0. The maximum Gasteiger partial charge on any atom is 0.234 e. The summed E-state index contributed by atoms with van der Waals surface area (Å²) in [6, 6.07) is 7.88. The van der Waals surface area contributed by atoms with E-state index in [0.29, 0.717) is 5.92 Å². The number of hydrogen-bond donors (Lipinski definition) is 2. The predicted molar refractivity (Wildman–Crippen MR) is 63.0 cm³/mol. The molecule has 0 fully saturated rings. The lowest BCUT2D eigenvalue weighted by Crippen LogP contribution is -2.12. The first kappa shape index (κ1) is 11.1. The first-order valence-electron chi connectivity index (χ1n) is 4.64. The molecule has 76 valence electrons. The zero-order valence-electron chi connectivity index (χ0n) is 8.45. The molecule has 1 amide bonds. The molecular weight excluding hydrogens is 194 g/mol. The third-order valence-electron chi connectivity index (χ3n) is 2.00. The van der Waals surface area contributed by atoms with E-state index >= 15 is 0 Å². The summed E-state index contributed by atoms with van der Waals surface area (Å²) in [7, 11) is 0. The third kappa shape index (κ3) is 3.07. The molecule has 0 radical (unpaired) electrons. The monoisotopic (exact) mass is 209 g/mol. The van der Waals surface area contributed by atoms with Crippen molar-refractivity contribution in [3.8, 4) is 0 Å². The Balaban J connectivity index is 2.69. The molecule has 0 unspecified atom stereocenters. The average Bonchev–Trinajstić information content (AvgIpc) is 2.18. The number of nitrogens with one attached hydrogen (secondary N) is 1. The summed E-state index contributed by atoms with van der Waals surface area (Å²) >= 11 is 3.89. The highest BCUT2D eigenvalue weighted by Gasteiger charge is 2.01. The molecule has 0 aliphatic heterocycles. The molecule has 14 heavy (non-hydrogen) atoms. The fraction of sp³-hybridized carbons (Fsp3) is 0.364. The summed E-state index contributed by atoms with van der Waals surface area (Å²) in [6.07, 6.45) is 0. The lowest BCUT2D eigenvalue weighted by atomic mass is 10.0. The number of amides is 1. The molecule has 1 aromatic carbocycles. The van der Waals surface area contributed by atoms with Crippen LogP contribution in [-0.2, 0) is 4.79 Å². The number of carbonyl (C=O) groups excluding carboxylic acids is 1. The smallest absolute Gasteiger partial charge is 0.234 e. The Kier molecular flexibility index (Phi) is 4.01. The minimum absolute atomic E-state index is 0.0781. The topological polar surface area (TPSA) is 29.1 Å². The van der Waals surface area contributed by atoms with Gasteiger partial charge in [-0.1, -0.05) is 26.0 Å². The molecule has 0 heterocycles.